The minimum absolute atomic E-state index is 0.0284. The minimum atomic E-state index is -0.0284. The summed E-state index contributed by atoms with van der Waals surface area (Å²) in [4.78, 5) is 4.49. The van der Waals surface area contributed by atoms with Crippen LogP contribution < -0.4 is 0 Å². The summed E-state index contributed by atoms with van der Waals surface area (Å²) in [6, 6.07) is 5.76. The van der Waals surface area contributed by atoms with Gasteiger partial charge in [-0.3, -0.25) is 0 Å². The second-order valence-electron chi connectivity index (χ2n) is 3.89. The van der Waals surface area contributed by atoms with Crippen LogP contribution in [0, 0.1) is 0 Å². The van der Waals surface area contributed by atoms with E-state index in [1.54, 1.807) is 11.8 Å². The normalized spacial score (nSPS) is 13.1. The van der Waals surface area contributed by atoms with Gasteiger partial charge in [-0.1, -0.05) is 13.0 Å². The molecule has 0 fully saturated rings. The quantitative estimate of drug-likeness (QED) is 0.795. The number of aliphatic hydroxyl groups excluding tert-OH is 2. The Kier molecular flexibility index (Phi) is 4.04. The van der Waals surface area contributed by atoms with E-state index in [9.17, 15) is 5.11 Å². The van der Waals surface area contributed by atoms with Gasteiger partial charge in [-0.05, 0) is 18.6 Å². The third-order valence-corrected chi connectivity index (χ3v) is 3.78. The second kappa shape index (κ2) is 5.53. The molecule has 4 nitrogen and oxygen atoms in total. The fourth-order valence-electron chi connectivity index (χ4n) is 1.69. The number of hydrogen-bond donors (Lipinski definition) is 2. The molecule has 92 valence electrons. The summed E-state index contributed by atoms with van der Waals surface area (Å²) in [7, 11) is 0. The summed E-state index contributed by atoms with van der Waals surface area (Å²) in [5, 5.41) is 19.5. The van der Waals surface area contributed by atoms with Crippen LogP contribution in [0.1, 0.15) is 19.0 Å². The van der Waals surface area contributed by atoms with E-state index >= 15 is 0 Å². The van der Waals surface area contributed by atoms with Crippen molar-refractivity contribution in [2.75, 3.05) is 6.61 Å². The Balaban J connectivity index is 2.33. The number of aromatic nitrogens is 2. The highest BCUT2D eigenvalue weighted by Crippen LogP contribution is 2.28. The number of imidazole rings is 1. The summed E-state index contributed by atoms with van der Waals surface area (Å²) in [6.07, 6.45) is 2.62. The lowest BCUT2D eigenvalue weighted by atomic mass is 10.3. The SMILES string of the molecule is CC(CCO)Sc1nc2ccccn2c1CO. The molecule has 2 heterocycles. The first-order valence-corrected chi connectivity index (χ1v) is 6.48. The average Bonchev–Trinajstić information content (AvgIpc) is 2.66. The molecular weight excluding hydrogens is 236 g/mol. The average molecular weight is 252 g/mol. The molecule has 1 unspecified atom stereocenters. The van der Waals surface area contributed by atoms with Crippen molar-refractivity contribution in [2.45, 2.75) is 30.2 Å². The van der Waals surface area contributed by atoms with E-state index < -0.39 is 0 Å². The summed E-state index contributed by atoms with van der Waals surface area (Å²) in [6.45, 7) is 2.20. The van der Waals surface area contributed by atoms with E-state index in [4.69, 9.17) is 5.11 Å². The number of nitrogens with zero attached hydrogens (tertiary/aromatic N) is 2. The predicted molar refractivity (Wildman–Crippen MR) is 68.1 cm³/mol. The molecule has 0 aliphatic rings. The number of pyridine rings is 1. The van der Waals surface area contributed by atoms with Gasteiger partial charge in [-0.2, -0.15) is 0 Å². The van der Waals surface area contributed by atoms with Crippen LogP contribution in [0.3, 0.4) is 0 Å². The molecule has 0 aromatic carbocycles. The van der Waals surface area contributed by atoms with Gasteiger partial charge in [0, 0.05) is 18.1 Å². The maximum atomic E-state index is 9.42. The Morgan fingerprint density at radius 3 is 2.94 bits per heavy atom. The summed E-state index contributed by atoms with van der Waals surface area (Å²) < 4.78 is 1.90. The van der Waals surface area contributed by atoms with Crippen LogP contribution in [-0.4, -0.2) is 31.5 Å². The maximum Gasteiger partial charge on any atom is 0.138 e. The van der Waals surface area contributed by atoms with Gasteiger partial charge in [0.2, 0.25) is 0 Å². The van der Waals surface area contributed by atoms with Gasteiger partial charge in [0.15, 0.2) is 0 Å². The minimum Gasteiger partial charge on any atom is -0.396 e. The van der Waals surface area contributed by atoms with Crippen molar-refractivity contribution in [2.24, 2.45) is 0 Å². The standard InChI is InChI=1S/C12H16N2O2S/c1-9(5-7-15)17-12-10(8-16)14-6-3-2-4-11(14)13-12/h2-4,6,9,15-16H,5,7-8H2,1H3. The van der Waals surface area contributed by atoms with E-state index in [-0.39, 0.29) is 18.5 Å². The van der Waals surface area contributed by atoms with Gasteiger partial charge in [-0.25, -0.2) is 4.98 Å². The summed E-state index contributed by atoms with van der Waals surface area (Å²) in [5.41, 5.74) is 1.66. The molecular formula is C12H16N2O2S. The Labute approximate surface area is 104 Å². The molecule has 2 N–H and O–H groups in total. The number of aliphatic hydroxyl groups is 2. The Morgan fingerprint density at radius 2 is 2.24 bits per heavy atom. The Morgan fingerprint density at radius 1 is 1.41 bits per heavy atom. The van der Waals surface area contributed by atoms with Crippen molar-refractivity contribution in [1.82, 2.24) is 9.38 Å². The highest BCUT2D eigenvalue weighted by molar-refractivity contribution is 7.99. The first kappa shape index (κ1) is 12.4. The van der Waals surface area contributed by atoms with Crippen LogP contribution in [0.4, 0.5) is 0 Å². The van der Waals surface area contributed by atoms with Crippen molar-refractivity contribution in [3.8, 4) is 0 Å². The maximum absolute atomic E-state index is 9.42. The molecule has 0 saturated heterocycles. The lowest BCUT2D eigenvalue weighted by Gasteiger charge is -2.08. The molecule has 2 aromatic rings. The van der Waals surface area contributed by atoms with Crippen LogP contribution in [0.2, 0.25) is 0 Å². The molecule has 5 heteroatoms. The molecule has 2 rings (SSSR count). The fourth-order valence-corrected chi connectivity index (χ4v) is 2.74. The van der Waals surface area contributed by atoms with Gasteiger partial charge < -0.3 is 14.6 Å². The molecule has 0 bridgehead atoms. The molecule has 1 atom stereocenters. The largest absolute Gasteiger partial charge is 0.396 e. The number of rotatable bonds is 5. The fraction of sp³-hybridized carbons (Fsp3) is 0.417. The third-order valence-electron chi connectivity index (χ3n) is 2.59. The zero-order valence-electron chi connectivity index (χ0n) is 9.71. The highest BCUT2D eigenvalue weighted by atomic mass is 32.2. The molecule has 0 aliphatic heterocycles. The monoisotopic (exact) mass is 252 g/mol. The summed E-state index contributed by atoms with van der Waals surface area (Å²) in [5.74, 6) is 0. The Hall–Kier alpha value is -1.04. The lowest BCUT2D eigenvalue weighted by molar-refractivity contribution is 0.272. The lowest BCUT2D eigenvalue weighted by Crippen LogP contribution is -2.01. The van der Waals surface area contributed by atoms with Crippen LogP contribution >= 0.6 is 11.8 Å². The van der Waals surface area contributed by atoms with Crippen molar-refractivity contribution < 1.29 is 10.2 Å². The van der Waals surface area contributed by atoms with Crippen molar-refractivity contribution >= 4 is 17.4 Å². The van der Waals surface area contributed by atoms with Crippen LogP contribution in [0.5, 0.6) is 0 Å². The van der Waals surface area contributed by atoms with Crippen LogP contribution in [-0.2, 0) is 6.61 Å². The van der Waals surface area contributed by atoms with Gasteiger partial charge in [0.25, 0.3) is 0 Å². The molecule has 0 spiro atoms. The molecule has 0 amide bonds. The van der Waals surface area contributed by atoms with Crippen molar-refractivity contribution in [3.63, 3.8) is 0 Å². The first-order chi connectivity index (χ1) is 8.26. The van der Waals surface area contributed by atoms with E-state index in [1.807, 2.05) is 35.7 Å². The highest BCUT2D eigenvalue weighted by Gasteiger charge is 2.14. The first-order valence-electron chi connectivity index (χ1n) is 5.60. The molecule has 0 saturated carbocycles. The Bertz CT molecular complexity index is 498. The zero-order valence-corrected chi connectivity index (χ0v) is 10.5. The van der Waals surface area contributed by atoms with E-state index in [2.05, 4.69) is 4.98 Å². The third kappa shape index (κ3) is 2.62. The summed E-state index contributed by atoms with van der Waals surface area (Å²) >= 11 is 1.59. The van der Waals surface area contributed by atoms with E-state index in [0.29, 0.717) is 0 Å². The molecule has 2 aromatic heterocycles. The number of thioether (sulfide) groups is 1. The van der Waals surface area contributed by atoms with Gasteiger partial charge in [0.05, 0.1) is 12.3 Å². The van der Waals surface area contributed by atoms with Gasteiger partial charge in [-0.15, -0.1) is 11.8 Å². The van der Waals surface area contributed by atoms with Gasteiger partial charge in [0.1, 0.15) is 10.7 Å². The van der Waals surface area contributed by atoms with Crippen molar-refractivity contribution in [1.29, 1.82) is 0 Å². The number of fused-ring (bicyclic) bond motifs is 1. The molecule has 0 aliphatic carbocycles. The second-order valence-corrected chi connectivity index (χ2v) is 5.32. The topological polar surface area (TPSA) is 57.8 Å². The van der Waals surface area contributed by atoms with Crippen molar-refractivity contribution in [3.05, 3.63) is 30.1 Å². The van der Waals surface area contributed by atoms with E-state index in [0.717, 1.165) is 22.8 Å². The number of hydrogen-bond acceptors (Lipinski definition) is 4. The van der Waals surface area contributed by atoms with Gasteiger partial charge >= 0.3 is 0 Å². The molecule has 0 radical (unpaired) electrons. The molecule has 17 heavy (non-hydrogen) atoms. The predicted octanol–water partition coefficient (Wildman–Crippen LogP) is 1.69. The van der Waals surface area contributed by atoms with Crippen LogP contribution in [0.25, 0.3) is 5.65 Å². The smallest absolute Gasteiger partial charge is 0.138 e. The van der Waals surface area contributed by atoms with Crippen LogP contribution in [0.15, 0.2) is 29.4 Å². The zero-order chi connectivity index (χ0) is 12.3. The van der Waals surface area contributed by atoms with E-state index in [1.165, 1.54) is 0 Å².